The normalized spacial score (nSPS) is 19.9. The van der Waals surface area contributed by atoms with Crippen molar-refractivity contribution in [2.75, 3.05) is 0 Å². The van der Waals surface area contributed by atoms with Gasteiger partial charge in [-0.1, -0.05) is 48.0 Å². The van der Waals surface area contributed by atoms with Crippen molar-refractivity contribution in [2.45, 2.75) is 30.2 Å². The Morgan fingerprint density at radius 1 is 1.04 bits per heavy atom. The molecule has 0 spiro atoms. The molecule has 1 saturated carbocycles. The van der Waals surface area contributed by atoms with Gasteiger partial charge in [0.05, 0.1) is 4.90 Å². The molecule has 120 valence electrons. The van der Waals surface area contributed by atoms with Crippen molar-refractivity contribution in [1.29, 1.82) is 0 Å². The van der Waals surface area contributed by atoms with Gasteiger partial charge in [0, 0.05) is 12.0 Å². The first-order chi connectivity index (χ1) is 11.0. The molecule has 2 aromatic carbocycles. The topological polar surface area (TPSA) is 75.3 Å². The number of benzene rings is 2. The van der Waals surface area contributed by atoms with Crippen molar-refractivity contribution < 1.29 is 13.2 Å². The van der Waals surface area contributed by atoms with Crippen LogP contribution in [0.25, 0.3) is 0 Å². The van der Waals surface area contributed by atoms with Crippen LogP contribution in [-0.2, 0) is 10.0 Å². The summed E-state index contributed by atoms with van der Waals surface area (Å²) in [4.78, 5) is 12.0. The van der Waals surface area contributed by atoms with Crippen molar-refractivity contribution >= 4 is 16.1 Å². The molecule has 2 N–H and O–H groups in total. The number of urea groups is 1. The highest BCUT2D eigenvalue weighted by atomic mass is 32.2. The van der Waals surface area contributed by atoms with Crippen LogP contribution < -0.4 is 10.0 Å². The van der Waals surface area contributed by atoms with Crippen LogP contribution in [0, 0.1) is 6.92 Å². The first-order valence-corrected chi connectivity index (χ1v) is 8.89. The third kappa shape index (κ3) is 3.71. The first-order valence-electron chi connectivity index (χ1n) is 7.40. The summed E-state index contributed by atoms with van der Waals surface area (Å²) in [5.41, 5.74) is 2.11. The Hall–Kier alpha value is -2.34. The van der Waals surface area contributed by atoms with Gasteiger partial charge in [-0.05, 0) is 31.0 Å². The van der Waals surface area contributed by atoms with E-state index in [9.17, 15) is 13.2 Å². The summed E-state index contributed by atoms with van der Waals surface area (Å²) in [6.45, 7) is 1.87. The quantitative estimate of drug-likeness (QED) is 0.904. The maximum absolute atomic E-state index is 12.1. The zero-order valence-corrected chi connectivity index (χ0v) is 13.5. The van der Waals surface area contributed by atoms with Gasteiger partial charge in [0.25, 0.3) is 10.0 Å². The Morgan fingerprint density at radius 2 is 1.70 bits per heavy atom. The summed E-state index contributed by atoms with van der Waals surface area (Å²) in [6.07, 6.45) is 0.821. The first kappa shape index (κ1) is 15.6. The third-order valence-electron chi connectivity index (χ3n) is 3.89. The van der Waals surface area contributed by atoms with Gasteiger partial charge >= 0.3 is 6.03 Å². The molecular formula is C17H18N2O3S. The monoisotopic (exact) mass is 330 g/mol. The largest absolute Gasteiger partial charge is 0.334 e. The van der Waals surface area contributed by atoms with Crippen LogP contribution in [0.1, 0.15) is 23.5 Å². The van der Waals surface area contributed by atoms with Crippen molar-refractivity contribution in [2.24, 2.45) is 0 Å². The molecule has 3 rings (SSSR count). The van der Waals surface area contributed by atoms with Crippen molar-refractivity contribution in [3.63, 3.8) is 0 Å². The third-order valence-corrected chi connectivity index (χ3v) is 5.24. The number of sulfonamides is 1. The van der Waals surface area contributed by atoms with Gasteiger partial charge in [-0.2, -0.15) is 0 Å². The molecule has 0 aliphatic heterocycles. The van der Waals surface area contributed by atoms with Gasteiger partial charge in [-0.15, -0.1) is 0 Å². The molecule has 0 bridgehead atoms. The number of nitrogens with one attached hydrogen (secondary N) is 2. The molecule has 2 amide bonds. The standard InChI is InChI=1S/C17H18N2O3S/c1-12-7-9-14(10-8-12)23(21,22)19-17(20)18-16-11-15(16)13-5-3-2-4-6-13/h2-10,15-16H,11H2,1H3,(H2,18,19,20)/t15-,16+/m1/s1. The Labute approximate surface area is 135 Å². The van der Waals surface area contributed by atoms with E-state index in [4.69, 9.17) is 0 Å². The lowest BCUT2D eigenvalue weighted by Crippen LogP contribution is -2.40. The summed E-state index contributed by atoms with van der Waals surface area (Å²) in [5.74, 6) is 0.254. The summed E-state index contributed by atoms with van der Waals surface area (Å²) in [5, 5.41) is 2.71. The predicted molar refractivity (Wildman–Crippen MR) is 87.6 cm³/mol. The maximum Gasteiger partial charge on any atom is 0.328 e. The van der Waals surface area contributed by atoms with Crippen molar-refractivity contribution in [1.82, 2.24) is 10.0 Å². The fourth-order valence-electron chi connectivity index (χ4n) is 2.52. The summed E-state index contributed by atoms with van der Waals surface area (Å²) >= 11 is 0. The molecule has 0 aromatic heterocycles. The molecule has 0 radical (unpaired) electrons. The predicted octanol–water partition coefficient (Wildman–Crippen LogP) is 2.54. The number of hydrogen-bond acceptors (Lipinski definition) is 3. The maximum atomic E-state index is 12.1. The van der Waals surface area contributed by atoms with Gasteiger partial charge in [-0.25, -0.2) is 17.9 Å². The fraction of sp³-hybridized carbons (Fsp3) is 0.235. The zero-order valence-electron chi connectivity index (χ0n) is 12.7. The van der Waals surface area contributed by atoms with Crippen LogP contribution in [0.3, 0.4) is 0 Å². The Balaban J connectivity index is 1.59. The van der Waals surface area contributed by atoms with Gasteiger partial charge in [0.1, 0.15) is 0 Å². The second-order valence-corrected chi connectivity index (χ2v) is 7.43. The highest BCUT2D eigenvalue weighted by Crippen LogP contribution is 2.40. The fourth-order valence-corrected chi connectivity index (χ4v) is 3.43. The molecule has 1 fully saturated rings. The zero-order chi connectivity index (χ0) is 16.4. The number of carbonyl (C=O) groups is 1. The smallest absolute Gasteiger partial charge is 0.328 e. The number of rotatable bonds is 4. The highest BCUT2D eigenvalue weighted by Gasteiger charge is 2.39. The van der Waals surface area contributed by atoms with E-state index in [1.165, 1.54) is 12.1 Å². The summed E-state index contributed by atoms with van der Waals surface area (Å²) < 4.78 is 26.3. The van der Waals surface area contributed by atoms with E-state index in [0.717, 1.165) is 17.5 Å². The molecule has 6 heteroatoms. The molecule has 2 aromatic rings. The van der Waals surface area contributed by atoms with E-state index in [1.54, 1.807) is 12.1 Å². The van der Waals surface area contributed by atoms with Gasteiger partial charge < -0.3 is 5.32 Å². The minimum Gasteiger partial charge on any atom is -0.334 e. The summed E-state index contributed by atoms with van der Waals surface area (Å²) in [7, 11) is -3.84. The lowest BCUT2D eigenvalue weighted by Gasteiger charge is -2.09. The number of aryl methyl sites for hydroxylation is 1. The number of amides is 2. The van der Waals surface area contributed by atoms with Crippen molar-refractivity contribution in [3.05, 3.63) is 65.7 Å². The molecule has 2 atom stereocenters. The van der Waals surface area contributed by atoms with Crippen LogP contribution in [0.4, 0.5) is 4.79 Å². The van der Waals surface area contributed by atoms with Gasteiger partial charge in [0.15, 0.2) is 0 Å². The number of carbonyl (C=O) groups excluding carboxylic acids is 1. The average Bonchev–Trinajstić information content (AvgIpc) is 3.27. The molecule has 0 unspecified atom stereocenters. The molecule has 1 aliphatic rings. The molecule has 5 nitrogen and oxygen atoms in total. The van der Waals surface area contributed by atoms with E-state index in [-0.39, 0.29) is 16.9 Å². The second kappa shape index (κ2) is 6.04. The molecule has 23 heavy (non-hydrogen) atoms. The van der Waals surface area contributed by atoms with Crippen LogP contribution in [0.5, 0.6) is 0 Å². The van der Waals surface area contributed by atoms with E-state index >= 15 is 0 Å². The number of hydrogen-bond donors (Lipinski definition) is 2. The molecule has 1 aliphatic carbocycles. The van der Waals surface area contributed by atoms with E-state index < -0.39 is 16.1 Å². The minimum absolute atomic E-state index is 0.0226. The Kier molecular flexibility index (Phi) is 4.09. The average molecular weight is 330 g/mol. The minimum atomic E-state index is -3.84. The van der Waals surface area contributed by atoms with E-state index in [0.29, 0.717) is 0 Å². The van der Waals surface area contributed by atoms with Crippen LogP contribution in [-0.4, -0.2) is 20.5 Å². The van der Waals surface area contributed by atoms with E-state index in [2.05, 4.69) is 10.0 Å². The lowest BCUT2D eigenvalue weighted by molar-refractivity contribution is 0.245. The van der Waals surface area contributed by atoms with Crippen molar-refractivity contribution in [3.8, 4) is 0 Å². The SMILES string of the molecule is Cc1ccc(S(=O)(=O)NC(=O)N[C@H]2C[C@@H]2c2ccccc2)cc1. The Bertz CT molecular complexity index is 801. The van der Waals surface area contributed by atoms with Crippen LogP contribution in [0.2, 0.25) is 0 Å². The second-order valence-electron chi connectivity index (χ2n) is 5.75. The van der Waals surface area contributed by atoms with E-state index in [1.807, 2.05) is 37.3 Å². The van der Waals surface area contributed by atoms with Gasteiger partial charge in [0.2, 0.25) is 0 Å². The molecular weight excluding hydrogens is 312 g/mol. The lowest BCUT2D eigenvalue weighted by atomic mass is 10.1. The van der Waals surface area contributed by atoms with Crippen LogP contribution in [0.15, 0.2) is 59.5 Å². The highest BCUT2D eigenvalue weighted by molar-refractivity contribution is 7.90. The molecule has 0 saturated heterocycles. The Morgan fingerprint density at radius 3 is 2.35 bits per heavy atom. The van der Waals surface area contributed by atoms with Crippen LogP contribution >= 0.6 is 0 Å². The summed E-state index contributed by atoms with van der Waals surface area (Å²) in [6, 6.07) is 15.5. The van der Waals surface area contributed by atoms with Gasteiger partial charge in [-0.3, -0.25) is 0 Å². The molecule has 0 heterocycles.